The molecule has 1 fully saturated rings. The molecule has 4 heterocycles. The Labute approximate surface area is 256 Å². The van der Waals surface area contributed by atoms with Gasteiger partial charge in [-0.3, -0.25) is 4.90 Å². The molecule has 0 amide bonds. The van der Waals surface area contributed by atoms with Gasteiger partial charge in [-0.05, 0) is 43.9 Å². The van der Waals surface area contributed by atoms with Gasteiger partial charge in [-0.1, -0.05) is 51.4 Å². The van der Waals surface area contributed by atoms with Crippen LogP contribution in [0, 0.1) is 5.82 Å². The fraction of sp³-hybridized carbons (Fsp3) is 0.406. The molecule has 1 saturated heterocycles. The Hall–Kier alpha value is -3.89. The number of anilines is 2. The molecule has 0 radical (unpaired) electrons. The van der Waals surface area contributed by atoms with Crippen LogP contribution < -0.4 is 16.3 Å². The number of benzene rings is 1. The Balaban J connectivity index is 1.88. The molecule has 0 aliphatic carbocycles. The lowest BCUT2D eigenvalue weighted by atomic mass is 10.0. The number of nitrogens with zero attached hydrogens (tertiary/aromatic N) is 7. The quantitative estimate of drug-likeness (QED) is 0.204. The molecule has 1 aliphatic rings. The molecule has 1 aromatic carbocycles. The lowest BCUT2D eigenvalue weighted by Crippen LogP contribution is -2.57. The van der Waals surface area contributed by atoms with E-state index in [-0.39, 0.29) is 51.5 Å². The highest BCUT2D eigenvalue weighted by Gasteiger charge is 2.33. The molecule has 2 atom stereocenters. The molecule has 0 saturated carbocycles. The number of piperazine rings is 1. The van der Waals surface area contributed by atoms with E-state index in [2.05, 4.69) is 45.2 Å². The van der Waals surface area contributed by atoms with Gasteiger partial charge in [0.2, 0.25) is 0 Å². The van der Waals surface area contributed by atoms with Crippen LogP contribution in [0.1, 0.15) is 64.8 Å². The molecule has 9 nitrogen and oxygen atoms in total. The SMILES string of the molecule is C=CCN1C[C@H](C)N(c2nc(=O)n(-c3c(C(C)C)ncnc3C(C)C)c3nc(-c4c(N)cccc4F)c(Cl)cc23)C[C@H]1C. The van der Waals surface area contributed by atoms with Crippen LogP contribution in [0.4, 0.5) is 15.9 Å². The van der Waals surface area contributed by atoms with Gasteiger partial charge in [0.1, 0.15) is 18.0 Å². The van der Waals surface area contributed by atoms with Crippen molar-refractivity contribution in [3.8, 4) is 16.9 Å². The highest BCUT2D eigenvalue weighted by Crippen LogP contribution is 2.38. The third-order valence-corrected chi connectivity index (χ3v) is 8.32. The van der Waals surface area contributed by atoms with Crippen LogP contribution in [0.2, 0.25) is 5.02 Å². The molecule has 11 heteroatoms. The molecular formula is C32H38ClFN8O. The van der Waals surface area contributed by atoms with Crippen molar-refractivity contribution in [2.24, 2.45) is 0 Å². The van der Waals surface area contributed by atoms with Gasteiger partial charge in [-0.15, -0.1) is 6.58 Å². The number of fused-ring (bicyclic) bond motifs is 1. The van der Waals surface area contributed by atoms with Crippen LogP contribution in [0.5, 0.6) is 0 Å². The van der Waals surface area contributed by atoms with Crippen LogP contribution in [-0.2, 0) is 0 Å². The van der Waals surface area contributed by atoms with Crippen LogP contribution in [0.25, 0.3) is 28.0 Å². The van der Waals surface area contributed by atoms with Crippen molar-refractivity contribution >= 4 is 34.1 Å². The number of rotatable bonds is 7. The minimum absolute atomic E-state index is 0.0280. The van der Waals surface area contributed by atoms with E-state index in [1.807, 2.05) is 33.8 Å². The number of nitrogens with two attached hydrogens (primary N) is 1. The zero-order chi connectivity index (χ0) is 31.2. The molecule has 226 valence electrons. The molecule has 0 bridgehead atoms. The van der Waals surface area contributed by atoms with Crippen LogP contribution in [0.15, 0.2) is 48.0 Å². The Bertz CT molecular complexity index is 1710. The second kappa shape index (κ2) is 12.0. The smallest absolute Gasteiger partial charge is 0.355 e. The zero-order valence-corrected chi connectivity index (χ0v) is 26.2. The number of pyridine rings is 1. The summed E-state index contributed by atoms with van der Waals surface area (Å²) in [5.74, 6) is -0.160. The molecule has 3 aromatic heterocycles. The van der Waals surface area contributed by atoms with Crippen molar-refractivity contribution in [3.63, 3.8) is 0 Å². The summed E-state index contributed by atoms with van der Waals surface area (Å²) in [4.78, 5) is 37.5. The van der Waals surface area contributed by atoms with Crippen molar-refractivity contribution in [2.75, 3.05) is 30.3 Å². The van der Waals surface area contributed by atoms with Crippen LogP contribution in [0.3, 0.4) is 0 Å². The number of hydrogen-bond donors (Lipinski definition) is 1. The first-order valence-corrected chi connectivity index (χ1v) is 15.0. The maximum atomic E-state index is 15.2. The fourth-order valence-electron chi connectivity index (χ4n) is 5.89. The van der Waals surface area contributed by atoms with Gasteiger partial charge in [0.15, 0.2) is 5.65 Å². The largest absolute Gasteiger partial charge is 0.398 e. The number of aromatic nitrogens is 5. The number of nitrogen functional groups attached to an aromatic ring is 1. The summed E-state index contributed by atoms with van der Waals surface area (Å²) in [7, 11) is 0. The van der Waals surface area contributed by atoms with Gasteiger partial charge in [0.05, 0.1) is 38.7 Å². The number of hydrogen-bond acceptors (Lipinski definition) is 8. The van der Waals surface area contributed by atoms with Crippen LogP contribution >= 0.6 is 11.6 Å². The van der Waals surface area contributed by atoms with E-state index in [4.69, 9.17) is 22.3 Å². The summed E-state index contributed by atoms with van der Waals surface area (Å²) in [5, 5.41) is 0.758. The summed E-state index contributed by atoms with van der Waals surface area (Å²) in [5.41, 5.74) is 8.27. The molecule has 1 aliphatic heterocycles. The molecule has 43 heavy (non-hydrogen) atoms. The van der Waals surface area contributed by atoms with Gasteiger partial charge >= 0.3 is 5.69 Å². The topological polar surface area (TPSA) is 106 Å². The van der Waals surface area contributed by atoms with Gasteiger partial charge in [-0.2, -0.15) is 4.98 Å². The highest BCUT2D eigenvalue weighted by atomic mass is 35.5. The summed E-state index contributed by atoms with van der Waals surface area (Å²) in [6.45, 7) is 18.3. The summed E-state index contributed by atoms with van der Waals surface area (Å²) < 4.78 is 16.7. The standard InChI is InChI=1S/C32H38ClFN8O/c1-8-12-40-14-20(7)41(15-19(40)6)30-21-13-22(33)28(25-23(34)10-9-11-24(25)35)38-31(21)42(32(43)39-30)29-26(17(2)3)36-16-37-27(29)18(4)5/h8-11,13,16-20H,1,12,14-15,35H2,2-7H3/t19-,20+/m1/s1. The average Bonchev–Trinajstić information content (AvgIpc) is 2.94. The van der Waals surface area contributed by atoms with E-state index in [1.165, 1.54) is 23.0 Å². The molecule has 5 rings (SSSR count). The average molecular weight is 605 g/mol. The van der Waals surface area contributed by atoms with Gasteiger partial charge in [0.25, 0.3) is 0 Å². The van der Waals surface area contributed by atoms with E-state index >= 15 is 4.39 Å². The number of halogens is 2. The van der Waals surface area contributed by atoms with E-state index in [9.17, 15) is 4.79 Å². The highest BCUT2D eigenvalue weighted by molar-refractivity contribution is 6.34. The maximum absolute atomic E-state index is 15.2. The van der Waals surface area contributed by atoms with Gasteiger partial charge < -0.3 is 10.6 Å². The van der Waals surface area contributed by atoms with E-state index in [1.54, 1.807) is 12.1 Å². The fourth-order valence-corrected chi connectivity index (χ4v) is 6.13. The summed E-state index contributed by atoms with van der Waals surface area (Å²) >= 11 is 6.86. The van der Waals surface area contributed by atoms with E-state index in [0.29, 0.717) is 34.8 Å². The minimum atomic E-state index is -0.563. The molecule has 0 spiro atoms. The summed E-state index contributed by atoms with van der Waals surface area (Å²) in [6, 6.07) is 6.35. The normalized spacial score (nSPS) is 17.8. The Morgan fingerprint density at radius 3 is 2.37 bits per heavy atom. The maximum Gasteiger partial charge on any atom is 0.355 e. The van der Waals surface area contributed by atoms with E-state index in [0.717, 1.165) is 13.1 Å². The van der Waals surface area contributed by atoms with Crippen molar-refractivity contribution in [2.45, 2.75) is 65.5 Å². The predicted molar refractivity (Wildman–Crippen MR) is 172 cm³/mol. The van der Waals surface area contributed by atoms with Crippen molar-refractivity contribution in [1.29, 1.82) is 0 Å². The second-order valence-corrected chi connectivity index (χ2v) is 12.2. The first kappa shape index (κ1) is 30.6. The van der Waals surface area contributed by atoms with Crippen molar-refractivity contribution in [1.82, 2.24) is 29.4 Å². The third-order valence-electron chi connectivity index (χ3n) is 8.03. The minimum Gasteiger partial charge on any atom is -0.398 e. The second-order valence-electron chi connectivity index (χ2n) is 11.8. The molecular weight excluding hydrogens is 567 g/mol. The van der Waals surface area contributed by atoms with Gasteiger partial charge in [0, 0.05) is 37.4 Å². The monoisotopic (exact) mass is 604 g/mol. The summed E-state index contributed by atoms with van der Waals surface area (Å²) in [6.07, 6.45) is 3.42. The van der Waals surface area contributed by atoms with Crippen molar-refractivity contribution < 1.29 is 4.39 Å². The van der Waals surface area contributed by atoms with Gasteiger partial charge in [-0.25, -0.2) is 28.7 Å². The van der Waals surface area contributed by atoms with E-state index < -0.39 is 11.5 Å². The molecule has 0 unspecified atom stereocenters. The first-order valence-electron chi connectivity index (χ1n) is 14.6. The Morgan fingerprint density at radius 2 is 1.77 bits per heavy atom. The zero-order valence-electron chi connectivity index (χ0n) is 25.5. The lowest BCUT2D eigenvalue weighted by Gasteiger charge is -2.44. The third kappa shape index (κ3) is 5.49. The Morgan fingerprint density at radius 1 is 1.09 bits per heavy atom. The van der Waals surface area contributed by atoms with Crippen LogP contribution in [-0.4, -0.2) is 61.1 Å². The molecule has 4 aromatic rings. The lowest BCUT2D eigenvalue weighted by molar-refractivity contribution is 0.184. The Kier molecular flexibility index (Phi) is 8.54. The molecule has 2 N–H and O–H groups in total. The first-order chi connectivity index (χ1) is 20.4. The van der Waals surface area contributed by atoms with Crippen molar-refractivity contribution in [3.05, 3.63) is 76.0 Å². The predicted octanol–water partition coefficient (Wildman–Crippen LogP) is 5.94.